The first kappa shape index (κ1) is 19.8. The van der Waals surface area contributed by atoms with Crippen LogP contribution in [-0.2, 0) is 4.79 Å². The molecule has 1 aromatic carbocycles. The molecule has 0 fully saturated rings. The van der Waals surface area contributed by atoms with E-state index in [1.165, 1.54) is 11.1 Å². The Bertz CT molecular complexity index is 1010. The molecule has 2 amide bonds. The number of pyridine rings is 1. The van der Waals surface area contributed by atoms with Gasteiger partial charge in [0.1, 0.15) is 5.82 Å². The van der Waals surface area contributed by atoms with E-state index in [9.17, 15) is 9.59 Å². The Labute approximate surface area is 171 Å². The molecule has 3 aromatic rings. The van der Waals surface area contributed by atoms with Crippen LogP contribution in [0.3, 0.4) is 0 Å². The predicted octanol–water partition coefficient (Wildman–Crippen LogP) is 3.36. The van der Waals surface area contributed by atoms with E-state index in [1.54, 1.807) is 24.0 Å². The maximum Gasteiger partial charge on any atom is 0.257 e. The number of carbonyl (C=O) groups excluding carboxylic acids is 2. The molecule has 2 aromatic heterocycles. The minimum atomic E-state index is -0.313. The van der Waals surface area contributed by atoms with E-state index in [1.807, 2.05) is 44.2 Å². The summed E-state index contributed by atoms with van der Waals surface area (Å²) < 4.78 is 2.66. The zero-order valence-electron chi connectivity index (χ0n) is 15.8. The molecule has 0 bridgehead atoms. The molecule has 28 heavy (non-hydrogen) atoms. The van der Waals surface area contributed by atoms with Gasteiger partial charge in [0.2, 0.25) is 5.91 Å². The highest BCUT2D eigenvalue weighted by molar-refractivity contribution is 9.10. The smallest absolute Gasteiger partial charge is 0.257 e. The molecule has 0 saturated carbocycles. The molecule has 0 unspecified atom stereocenters. The van der Waals surface area contributed by atoms with E-state index in [4.69, 9.17) is 0 Å². The normalized spacial score (nSPS) is 10.6. The molecule has 0 radical (unpaired) electrons. The number of carbonyl (C=O) groups is 2. The Balaban J connectivity index is 1.69. The van der Waals surface area contributed by atoms with Gasteiger partial charge < -0.3 is 10.2 Å². The number of anilines is 1. The molecule has 2 heterocycles. The summed E-state index contributed by atoms with van der Waals surface area (Å²) in [6.07, 6.45) is 3.15. The zero-order valence-corrected chi connectivity index (χ0v) is 17.4. The van der Waals surface area contributed by atoms with Gasteiger partial charge in [0.15, 0.2) is 0 Å². The second-order valence-corrected chi connectivity index (χ2v) is 7.38. The van der Waals surface area contributed by atoms with Crippen LogP contribution in [-0.4, -0.2) is 45.1 Å². The molecule has 0 spiro atoms. The third-order valence-electron chi connectivity index (χ3n) is 4.22. The van der Waals surface area contributed by atoms with Gasteiger partial charge in [-0.05, 0) is 55.8 Å². The predicted molar refractivity (Wildman–Crippen MR) is 111 cm³/mol. The number of aromatic nitrogens is 3. The van der Waals surface area contributed by atoms with Gasteiger partial charge >= 0.3 is 0 Å². The summed E-state index contributed by atoms with van der Waals surface area (Å²) in [5.74, 6) is -0.120. The van der Waals surface area contributed by atoms with Crippen molar-refractivity contribution in [2.75, 3.05) is 18.9 Å². The van der Waals surface area contributed by atoms with Gasteiger partial charge in [0.25, 0.3) is 5.91 Å². The van der Waals surface area contributed by atoms with E-state index >= 15 is 0 Å². The average Bonchev–Trinajstić information content (AvgIpc) is 3.03. The van der Waals surface area contributed by atoms with Crippen LogP contribution in [0.15, 0.2) is 53.3 Å². The number of aryl methyl sites for hydroxylation is 1. The summed E-state index contributed by atoms with van der Waals surface area (Å²) in [6, 6.07) is 11.2. The number of benzene rings is 1. The lowest BCUT2D eigenvalue weighted by Gasteiger charge is -2.16. The largest absolute Gasteiger partial charge is 0.332 e. The van der Waals surface area contributed by atoms with Crippen molar-refractivity contribution in [1.29, 1.82) is 0 Å². The molecule has 0 aliphatic carbocycles. The van der Waals surface area contributed by atoms with Gasteiger partial charge in [0.05, 0.1) is 29.7 Å². The van der Waals surface area contributed by atoms with E-state index in [-0.39, 0.29) is 18.4 Å². The molecule has 3 rings (SSSR count). The molecule has 0 aliphatic rings. The second-order valence-electron chi connectivity index (χ2n) is 6.46. The molecule has 0 atom stereocenters. The fourth-order valence-electron chi connectivity index (χ4n) is 2.74. The number of halogens is 1. The maximum absolute atomic E-state index is 12.8. The SMILES string of the molecule is Cc1ccnc(NC(=O)CN(C)C(=O)c2cnn(-c3ccc(Br)cc3)c2C)c1. The highest BCUT2D eigenvalue weighted by atomic mass is 79.9. The number of likely N-dealkylation sites (N-methyl/N-ethyl adjacent to an activating group) is 1. The third kappa shape index (κ3) is 4.45. The van der Waals surface area contributed by atoms with E-state index in [0.29, 0.717) is 17.1 Å². The summed E-state index contributed by atoms with van der Waals surface area (Å²) in [4.78, 5) is 30.5. The van der Waals surface area contributed by atoms with Crippen molar-refractivity contribution in [2.24, 2.45) is 0 Å². The molecule has 0 saturated heterocycles. The van der Waals surface area contributed by atoms with Crippen LogP contribution in [0.4, 0.5) is 5.82 Å². The Hall–Kier alpha value is -3.00. The molecular formula is C20H20BrN5O2. The summed E-state index contributed by atoms with van der Waals surface area (Å²) in [5, 5.41) is 7.02. The van der Waals surface area contributed by atoms with E-state index in [0.717, 1.165) is 15.7 Å². The first-order valence-electron chi connectivity index (χ1n) is 8.63. The molecular weight excluding hydrogens is 422 g/mol. The summed E-state index contributed by atoms with van der Waals surface area (Å²) >= 11 is 3.40. The van der Waals surface area contributed by atoms with Crippen LogP contribution in [0.1, 0.15) is 21.6 Å². The van der Waals surface area contributed by atoms with Gasteiger partial charge in [-0.1, -0.05) is 15.9 Å². The maximum atomic E-state index is 12.8. The van der Waals surface area contributed by atoms with Crippen molar-refractivity contribution in [3.63, 3.8) is 0 Å². The van der Waals surface area contributed by atoms with Crippen LogP contribution >= 0.6 is 15.9 Å². The first-order chi connectivity index (χ1) is 13.3. The molecule has 8 heteroatoms. The van der Waals surface area contributed by atoms with Crippen LogP contribution in [0, 0.1) is 13.8 Å². The summed E-state index contributed by atoms with van der Waals surface area (Å²) in [6.45, 7) is 3.66. The number of amides is 2. The van der Waals surface area contributed by atoms with Crippen LogP contribution in [0.25, 0.3) is 5.69 Å². The number of nitrogens with one attached hydrogen (secondary N) is 1. The first-order valence-corrected chi connectivity index (χ1v) is 9.43. The fraction of sp³-hybridized carbons (Fsp3) is 0.200. The van der Waals surface area contributed by atoms with Crippen molar-refractivity contribution in [2.45, 2.75) is 13.8 Å². The fourth-order valence-corrected chi connectivity index (χ4v) is 3.01. The van der Waals surface area contributed by atoms with Gasteiger partial charge in [-0.2, -0.15) is 5.10 Å². The topological polar surface area (TPSA) is 80.1 Å². The van der Waals surface area contributed by atoms with Crippen LogP contribution < -0.4 is 5.32 Å². The van der Waals surface area contributed by atoms with Gasteiger partial charge in [0, 0.05) is 17.7 Å². The van der Waals surface area contributed by atoms with Gasteiger partial charge in [-0.25, -0.2) is 9.67 Å². The van der Waals surface area contributed by atoms with Crippen molar-refractivity contribution in [3.8, 4) is 5.69 Å². The number of nitrogens with zero attached hydrogens (tertiary/aromatic N) is 4. The van der Waals surface area contributed by atoms with Crippen molar-refractivity contribution in [1.82, 2.24) is 19.7 Å². The molecule has 144 valence electrons. The van der Waals surface area contributed by atoms with Crippen LogP contribution in [0.2, 0.25) is 0 Å². The second kappa shape index (κ2) is 8.35. The Kier molecular flexibility index (Phi) is 5.89. The van der Waals surface area contributed by atoms with E-state index in [2.05, 4.69) is 31.3 Å². The molecule has 1 N–H and O–H groups in total. The monoisotopic (exact) mass is 441 g/mol. The van der Waals surface area contributed by atoms with Gasteiger partial charge in [-0.3, -0.25) is 9.59 Å². The lowest BCUT2D eigenvalue weighted by atomic mass is 10.2. The molecule has 0 aliphatic heterocycles. The van der Waals surface area contributed by atoms with Gasteiger partial charge in [-0.15, -0.1) is 0 Å². The number of rotatable bonds is 5. The van der Waals surface area contributed by atoms with Crippen molar-refractivity contribution < 1.29 is 9.59 Å². The number of hydrogen-bond acceptors (Lipinski definition) is 4. The Morgan fingerprint density at radius 1 is 1.18 bits per heavy atom. The Morgan fingerprint density at radius 2 is 1.89 bits per heavy atom. The van der Waals surface area contributed by atoms with Crippen molar-refractivity contribution >= 4 is 33.6 Å². The highest BCUT2D eigenvalue weighted by Crippen LogP contribution is 2.18. The number of hydrogen-bond donors (Lipinski definition) is 1. The lowest BCUT2D eigenvalue weighted by molar-refractivity contribution is -0.116. The zero-order chi connectivity index (χ0) is 20.3. The van der Waals surface area contributed by atoms with Crippen molar-refractivity contribution in [3.05, 3.63) is 70.1 Å². The lowest BCUT2D eigenvalue weighted by Crippen LogP contribution is -2.35. The third-order valence-corrected chi connectivity index (χ3v) is 4.75. The quantitative estimate of drug-likeness (QED) is 0.657. The van der Waals surface area contributed by atoms with Crippen LogP contribution in [0.5, 0.6) is 0 Å². The average molecular weight is 442 g/mol. The summed E-state index contributed by atoms with van der Waals surface area (Å²) in [5.41, 5.74) is 3.00. The standard InChI is InChI=1S/C20H20BrN5O2/c1-13-8-9-22-18(10-13)24-19(27)12-25(3)20(28)17-11-23-26(14(17)2)16-6-4-15(21)5-7-16/h4-11H,12H2,1-3H3,(H,22,24,27). The van der Waals surface area contributed by atoms with E-state index < -0.39 is 0 Å². The highest BCUT2D eigenvalue weighted by Gasteiger charge is 2.20. The molecule has 7 nitrogen and oxygen atoms in total. The minimum absolute atomic E-state index is 0.0860. The minimum Gasteiger partial charge on any atom is -0.332 e. The Morgan fingerprint density at radius 3 is 2.57 bits per heavy atom. The summed E-state index contributed by atoms with van der Waals surface area (Å²) in [7, 11) is 1.59.